The largest absolute Gasteiger partial charge is 0.308 e. The van der Waals surface area contributed by atoms with Crippen molar-refractivity contribution in [2.75, 3.05) is 18.5 Å². The Morgan fingerprint density at radius 3 is 2.52 bits per heavy atom. The van der Waals surface area contributed by atoms with Gasteiger partial charge in [0.1, 0.15) is 11.6 Å². The van der Waals surface area contributed by atoms with Crippen molar-refractivity contribution in [1.29, 1.82) is 0 Å². The first-order valence-electron chi connectivity index (χ1n) is 7.57. The van der Waals surface area contributed by atoms with Crippen molar-refractivity contribution >= 4 is 11.6 Å². The fourth-order valence-corrected chi connectivity index (χ4v) is 2.97. The van der Waals surface area contributed by atoms with Crippen molar-refractivity contribution in [3.63, 3.8) is 0 Å². The molecule has 1 atom stereocenters. The van der Waals surface area contributed by atoms with Crippen LogP contribution in [-0.4, -0.2) is 30.4 Å². The second kappa shape index (κ2) is 6.46. The Labute approximate surface area is 134 Å². The van der Waals surface area contributed by atoms with Gasteiger partial charge in [-0.1, -0.05) is 24.3 Å². The lowest BCUT2D eigenvalue weighted by Gasteiger charge is -2.24. The molecule has 120 valence electrons. The van der Waals surface area contributed by atoms with Crippen molar-refractivity contribution < 1.29 is 13.6 Å². The minimum atomic E-state index is -0.386. The molecule has 1 aliphatic rings. The van der Waals surface area contributed by atoms with Crippen molar-refractivity contribution in [2.24, 2.45) is 0 Å². The SMILES string of the molecule is CN(Cc1ccc(F)cc1)[C@@H]1CCN(c2ccccc2F)C1=O. The molecule has 0 unspecified atom stereocenters. The molecular weight excluding hydrogens is 298 g/mol. The number of amides is 1. The first-order valence-corrected chi connectivity index (χ1v) is 7.57. The summed E-state index contributed by atoms with van der Waals surface area (Å²) in [5.74, 6) is -0.763. The smallest absolute Gasteiger partial charge is 0.244 e. The van der Waals surface area contributed by atoms with Crippen LogP contribution in [0.4, 0.5) is 14.5 Å². The molecule has 0 N–H and O–H groups in total. The Morgan fingerprint density at radius 1 is 1.13 bits per heavy atom. The molecule has 0 spiro atoms. The fourth-order valence-electron chi connectivity index (χ4n) is 2.97. The zero-order valence-electron chi connectivity index (χ0n) is 12.9. The zero-order valence-corrected chi connectivity index (χ0v) is 12.9. The van der Waals surface area contributed by atoms with E-state index in [9.17, 15) is 13.6 Å². The lowest BCUT2D eigenvalue weighted by Crippen LogP contribution is -2.39. The number of rotatable bonds is 4. The molecule has 0 saturated carbocycles. The lowest BCUT2D eigenvalue weighted by atomic mass is 10.1. The molecule has 5 heteroatoms. The number of anilines is 1. The molecular formula is C18H18F2N2O. The predicted octanol–water partition coefficient (Wildman–Crippen LogP) is 3.20. The summed E-state index contributed by atoms with van der Waals surface area (Å²) in [6.07, 6.45) is 0.644. The van der Waals surface area contributed by atoms with Gasteiger partial charge in [0.15, 0.2) is 0 Å². The number of carbonyl (C=O) groups is 1. The molecule has 1 heterocycles. The third kappa shape index (κ3) is 3.24. The second-order valence-corrected chi connectivity index (χ2v) is 5.79. The van der Waals surface area contributed by atoms with E-state index >= 15 is 0 Å². The summed E-state index contributed by atoms with van der Waals surface area (Å²) >= 11 is 0. The highest BCUT2D eigenvalue weighted by atomic mass is 19.1. The van der Waals surface area contributed by atoms with Crippen LogP contribution < -0.4 is 4.90 Å². The van der Waals surface area contributed by atoms with Gasteiger partial charge in [-0.25, -0.2) is 8.78 Å². The van der Waals surface area contributed by atoms with E-state index in [4.69, 9.17) is 0 Å². The van der Waals surface area contributed by atoms with Crippen molar-refractivity contribution in [3.05, 3.63) is 65.7 Å². The predicted molar refractivity (Wildman–Crippen MR) is 85.0 cm³/mol. The van der Waals surface area contributed by atoms with Crippen molar-refractivity contribution in [1.82, 2.24) is 4.90 Å². The van der Waals surface area contributed by atoms with Gasteiger partial charge in [0.05, 0.1) is 11.7 Å². The average molecular weight is 316 g/mol. The van der Waals surface area contributed by atoms with E-state index < -0.39 is 0 Å². The summed E-state index contributed by atoms with van der Waals surface area (Å²) < 4.78 is 26.8. The number of carbonyl (C=O) groups excluding carboxylic acids is 1. The van der Waals surface area contributed by atoms with E-state index in [1.54, 1.807) is 30.3 Å². The number of hydrogen-bond donors (Lipinski definition) is 0. The zero-order chi connectivity index (χ0) is 16.4. The van der Waals surface area contributed by atoms with E-state index in [1.165, 1.54) is 23.1 Å². The number of halogens is 2. The number of benzene rings is 2. The Kier molecular flexibility index (Phi) is 4.39. The van der Waals surface area contributed by atoms with Gasteiger partial charge in [0.2, 0.25) is 5.91 Å². The van der Waals surface area contributed by atoms with Crippen LogP contribution in [0.3, 0.4) is 0 Å². The summed E-state index contributed by atoms with van der Waals surface area (Å²) in [6.45, 7) is 1.04. The fraction of sp³-hybridized carbons (Fsp3) is 0.278. The molecule has 1 fully saturated rings. The topological polar surface area (TPSA) is 23.6 Å². The quantitative estimate of drug-likeness (QED) is 0.865. The Bertz CT molecular complexity index is 702. The van der Waals surface area contributed by atoms with Crippen LogP contribution in [0, 0.1) is 11.6 Å². The van der Waals surface area contributed by atoms with Gasteiger partial charge >= 0.3 is 0 Å². The van der Waals surface area contributed by atoms with Gasteiger partial charge in [0.25, 0.3) is 0 Å². The second-order valence-electron chi connectivity index (χ2n) is 5.79. The first-order chi connectivity index (χ1) is 11.1. The molecule has 0 aromatic heterocycles. The maximum Gasteiger partial charge on any atom is 0.244 e. The van der Waals surface area contributed by atoms with Gasteiger partial charge in [-0.2, -0.15) is 0 Å². The molecule has 2 aromatic carbocycles. The van der Waals surface area contributed by atoms with Crippen molar-refractivity contribution in [2.45, 2.75) is 19.0 Å². The van der Waals surface area contributed by atoms with Crippen LogP contribution in [0.1, 0.15) is 12.0 Å². The standard InChI is InChI=1S/C18H18F2N2O/c1-21(12-13-6-8-14(19)9-7-13)17-10-11-22(18(17)23)16-5-3-2-4-15(16)20/h2-9,17H,10-12H2,1H3/t17-/m1/s1. The van der Waals surface area contributed by atoms with Crippen LogP contribution in [0.2, 0.25) is 0 Å². The third-order valence-corrected chi connectivity index (χ3v) is 4.20. The third-order valence-electron chi connectivity index (χ3n) is 4.20. The summed E-state index contributed by atoms with van der Waals surface area (Å²) in [5, 5.41) is 0. The molecule has 0 bridgehead atoms. The minimum absolute atomic E-state index is 0.0975. The Balaban J connectivity index is 1.71. The van der Waals surface area contributed by atoms with E-state index in [1.807, 2.05) is 11.9 Å². The highest BCUT2D eigenvalue weighted by molar-refractivity contribution is 5.99. The maximum absolute atomic E-state index is 13.9. The van der Waals surface area contributed by atoms with Gasteiger partial charge in [0, 0.05) is 13.1 Å². The molecule has 3 nitrogen and oxygen atoms in total. The van der Waals surface area contributed by atoms with Crippen LogP contribution in [0.5, 0.6) is 0 Å². The monoisotopic (exact) mass is 316 g/mol. The molecule has 1 amide bonds. The highest BCUT2D eigenvalue weighted by Crippen LogP contribution is 2.26. The van der Waals surface area contributed by atoms with Crippen molar-refractivity contribution in [3.8, 4) is 0 Å². The first kappa shape index (κ1) is 15.6. The Morgan fingerprint density at radius 2 is 1.83 bits per heavy atom. The van der Waals surface area contributed by atoms with Crippen LogP contribution in [0.25, 0.3) is 0 Å². The summed E-state index contributed by atoms with van der Waals surface area (Å²) in [7, 11) is 1.86. The summed E-state index contributed by atoms with van der Waals surface area (Å²) in [5.41, 5.74) is 1.27. The van der Waals surface area contributed by atoms with Gasteiger partial charge in [-0.15, -0.1) is 0 Å². The normalized spacial score (nSPS) is 18.0. The number of likely N-dealkylation sites (N-methyl/N-ethyl adjacent to an activating group) is 1. The van der Waals surface area contributed by atoms with E-state index in [-0.39, 0.29) is 23.6 Å². The number of para-hydroxylation sites is 1. The number of nitrogens with zero attached hydrogens (tertiary/aromatic N) is 2. The van der Waals surface area contributed by atoms with Crippen LogP contribution in [0.15, 0.2) is 48.5 Å². The molecule has 2 aromatic rings. The molecule has 1 saturated heterocycles. The Hall–Kier alpha value is -2.27. The molecule has 1 aliphatic heterocycles. The summed E-state index contributed by atoms with van der Waals surface area (Å²) in [4.78, 5) is 16.0. The minimum Gasteiger partial charge on any atom is -0.308 e. The van der Waals surface area contributed by atoms with E-state index in [0.29, 0.717) is 25.2 Å². The maximum atomic E-state index is 13.9. The van der Waals surface area contributed by atoms with E-state index in [0.717, 1.165) is 5.56 Å². The van der Waals surface area contributed by atoms with Gasteiger partial charge < -0.3 is 4.90 Å². The van der Waals surface area contributed by atoms with E-state index in [2.05, 4.69) is 0 Å². The number of hydrogen-bond acceptors (Lipinski definition) is 2. The van der Waals surface area contributed by atoms with Gasteiger partial charge in [-0.3, -0.25) is 9.69 Å². The highest BCUT2D eigenvalue weighted by Gasteiger charge is 2.36. The molecule has 3 rings (SSSR count). The van der Waals surface area contributed by atoms with Crippen LogP contribution in [-0.2, 0) is 11.3 Å². The van der Waals surface area contributed by atoms with Gasteiger partial charge in [-0.05, 0) is 43.3 Å². The summed E-state index contributed by atoms with van der Waals surface area (Å²) in [6, 6.07) is 12.3. The van der Waals surface area contributed by atoms with Crippen LogP contribution >= 0.6 is 0 Å². The molecule has 0 aliphatic carbocycles. The lowest BCUT2D eigenvalue weighted by molar-refractivity contribution is -0.121. The average Bonchev–Trinajstić information content (AvgIpc) is 2.92. The molecule has 23 heavy (non-hydrogen) atoms. The molecule has 0 radical (unpaired) electrons.